The van der Waals surface area contributed by atoms with E-state index in [1.54, 1.807) is 18.2 Å². The molecule has 1 amide bonds. The van der Waals surface area contributed by atoms with Gasteiger partial charge in [-0.15, -0.1) is 0 Å². The van der Waals surface area contributed by atoms with Crippen molar-refractivity contribution in [2.45, 2.75) is 123 Å². The van der Waals surface area contributed by atoms with Gasteiger partial charge in [0.05, 0.1) is 32.5 Å². The van der Waals surface area contributed by atoms with Crippen LogP contribution in [0.4, 0.5) is 5.82 Å². The van der Waals surface area contributed by atoms with Crippen molar-refractivity contribution >= 4 is 11.7 Å². The van der Waals surface area contributed by atoms with Crippen LogP contribution in [-0.2, 0) is 33.2 Å². The molecule has 54 heavy (non-hydrogen) atoms. The van der Waals surface area contributed by atoms with E-state index in [-0.39, 0.29) is 6.54 Å². The monoisotopic (exact) mass is 785 g/mol. The van der Waals surface area contributed by atoms with Crippen molar-refractivity contribution in [3.63, 3.8) is 0 Å². The van der Waals surface area contributed by atoms with E-state index in [9.17, 15) is 71.2 Å². The van der Waals surface area contributed by atoms with Crippen LogP contribution in [0.25, 0.3) is 0 Å². The Balaban J connectivity index is 1.54. The summed E-state index contributed by atoms with van der Waals surface area (Å²) in [4.78, 5) is 16.3. The summed E-state index contributed by atoms with van der Waals surface area (Å²) >= 11 is 0. The number of pyridine rings is 1. The van der Waals surface area contributed by atoms with Crippen LogP contribution < -0.4 is 10.6 Å². The number of rotatable bonds is 17. The molecule has 3 saturated heterocycles. The first kappa shape index (κ1) is 44.4. The van der Waals surface area contributed by atoms with Gasteiger partial charge in [0.25, 0.3) is 0 Å². The zero-order valence-corrected chi connectivity index (χ0v) is 28.9. The Morgan fingerprint density at radius 1 is 0.741 bits per heavy atom. The molecule has 4 heterocycles. The third-order valence-electron chi connectivity index (χ3n) is 9.22. The molecule has 1 aromatic rings. The molecule has 0 spiro atoms. The average Bonchev–Trinajstić information content (AvgIpc) is 3.16. The number of aliphatic hydroxyl groups excluding tert-OH is 13. The number of hydrogen-bond acceptors (Lipinski definition) is 22. The van der Waals surface area contributed by atoms with E-state index in [2.05, 4.69) is 15.6 Å². The van der Waals surface area contributed by atoms with Crippen LogP contribution in [0.5, 0.6) is 0 Å². The normalized spacial score (nSPS) is 39.6. The van der Waals surface area contributed by atoms with Crippen molar-refractivity contribution in [3.05, 3.63) is 24.4 Å². The lowest BCUT2D eigenvalue weighted by molar-refractivity contribution is -0.372. The number of ether oxygens (including phenoxy) is 6. The summed E-state index contributed by atoms with van der Waals surface area (Å²) < 4.78 is 33.8. The van der Waals surface area contributed by atoms with Gasteiger partial charge in [0.1, 0.15) is 97.3 Å². The quantitative estimate of drug-likeness (QED) is 0.0697. The third-order valence-corrected chi connectivity index (χ3v) is 9.22. The van der Waals surface area contributed by atoms with Gasteiger partial charge in [0.2, 0.25) is 5.91 Å². The molecule has 23 heteroatoms. The van der Waals surface area contributed by atoms with Crippen molar-refractivity contribution in [1.82, 2.24) is 10.3 Å². The van der Waals surface area contributed by atoms with Crippen molar-refractivity contribution in [2.75, 3.05) is 38.3 Å². The number of aromatic nitrogens is 1. The average molecular weight is 786 g/mol. The molecule has 3 fully saturated rings. The van der Waals surface area contributed by atoms with Gasteiger partial charge in [0.15, 0.2) is 18.9 Å². The molecule has 15 N–H and O–H groups in total. The lowest BCUT2D eigenvalue weighted by atomic mass is 9.94. The van der Waals surface area contributed by atoms with Crippen LogP contribution in [-0.4, -0.2) is 227 Å². The highest BCUT2D eigenvalue weighted by Gasteiger charge is 2.54. The first-order chi connectivity index (χ1) is 25.7. The second-order valence-electron chi connectivity index (χ2n) is 13.1. The van der Waals surface area contributed by atoms with E-state index in [1.807, 2.05) is 0 Å². The molecular formula is C31H51N3O20. The Bertz CT molecular complexity index is 1280. The first-order valence-corrected chi connectivity index (χ1v) is 17.1. The summed E-state index contributed by atoms with van der Waals surface area (Å²) in [6.07, 6.45) is -31.0. The van der Waals surface area contributed by atoms with Gasteiger partial charge in [-0.3, -0.25) is 4.79 Å². The molecule has 3 aliphatic heterocycles. The van der Waals surface area contributed by atoms with Crippen molar-refractivity contribution < 1.29 is 99.6 Å². The van der Waals surface area contributed by atoms with Crippen molar-refractivity contribution in [1.29, 1.82) is 0 Å². The summed E-state index contributed by atoms with van der Waals surface area (Å²) in [6, 6.07) is 3.24. The second-order valence-corrected chi connectivity index (χ2v) is 13.1. The highest BCUT2D eigenvalue weighted by atomic mass is 16.8. The minimum absolute atomic E-state index is 0.326. The minimum atomic E-state index is -2.08. The van der Waals surface area contributed by atoms with Crippen molar-refractivity contribution in [2.24, 2.45) is 0 Å². The fourth-order valence-corrected chi connectivity index (χ4v) is 6.23. The lowest BCUT2D eigenvalue weighted by Gasteiger charge is -2.49. The smallest absolute Gasteiger partial charge is 0.217 e. The number of aliphatic hydroxyl groups is 13. The topological polar surface area (TPSA) is 372 Å². The largest absolute Gasteiger partial charge is 0.394 e. The van der Waals surface area contributed by atoms with Crippen LogP contribution in [0, 0.1) is 0 Å². The van der Waals surface area contributed by atoms with Crippen LogP contribution >= 0.6 is 0 Å². The van der Waals surface area contributed by atoms with E-state index in [0.717, 1.165) is 6.92 Å². The maximum Gasteiger partial charge on any atom is 0.217 e. The van der Waals surface area contributed by atoms with E-state index in [1.165, 1.54) is 6.20 Å². The first-order valence-electron chi connectivity index (χ1n) is 17.1. The van der Waals surface area contributed by atoms with Gasteiger partial charge in [0, 0.05) is 19.7 Å². The van der Waals surface area contributed by atoms with Gasteiger partial charge in [-0.25, -0.2) is 4.98 Å². The van der Waals surface area contributed by atoms with Gasteiger partial charge >= 0.3 is 0 Å². The van der Waals surface area contributed by atoms with E-state index in [0.29, 0.717) is 5.82 Å². The Morgan fingerprint density at radius 3 is 1.94 bits per heavy atom. The molecule has 4 rings (SSSR count). The number of carbonyl (C=O) groups is 1. The van der Waals surface area contributed by atoms with Crippen LogP contribution in [0.15, 0.2) is 24.4 Å². The molecule has 0 aromatic carbocycles. The standard InChI is InChI=1S/C31H51N3O20/c1-11(39)34-18-22(45)27(53-30-24(47)23(46)20(43)14(8-36)49-30)16(10-38)51-29(18)54-28-21(44)15(9-37)50-31(25(28)48)52-26(13(41)7-35)19(42)12(40)6-33-17-4-2-3-5-32-17/h2-5,12-16,18-31,35-38,40-48H,6-10H2,1H3,(H,32,33)(H,34,39)/t12-,13+,14+,15+,16+,18+,19+,20-,21-,22+,23-,24+,25+,26+,27+,28-,29-,30-,31-/m0/s1. The fraction of sp³-hybridized carbons (Fsp3) is 0.806. The molecule has 0 bridgehead atoms. The number of nitrogens with zero attached hydrogens (tertiary/aromatic N) is 1. The Labute approximate surface area is 307 Å². The SMILES string of the molecule is CC(=O)N[C@H]1[C@H](O[C@H]2[C@@H](O)[C@@H](CO)O[C@@H](O[C@@H]([C@H](O)[C@@H](O)CNc3ccccn3)[C@H](O)CO)[C@@H]2O)O[C@H](CO)[C@@H](O[C@@H]2O[C@H](CO)[C@H](O)[C@H](O)[C@H]2O)[C@@H]1O. The molecule has 3 aliphatic rings. The maximum atomic E-state index is 12.2. The Morgan fingerprint density at radius 2 is 1.35 bits per heavy atom. The Kier molecular flexibility index (Phi) is 16.6. The molecule has 0 aliphatic carbocycles. The molecule has 310 valence electrons. The number of anilines is 1. The molecule has 1 aromatic heterocycles. The second kappa shape index (κ2) is 20.2. The number of nitrogens with one attached hydrogen (secondary N) is 2. The van der Waals surface area contributed by atoms with Gasteiger partial charge in [-0.05, 0) is 12.1 Å². The number of carbonyl (C=O) groups excluding carboxylic acids is 1. The van der Waals surface area contributed by atoms with Crippen LogP contribution in [0.1, 0.15) is 6.92 Å². The van der Waals surface area contributed by atoms with Gasteiger partial charge < -0.3 is 105 Å². The summed E-state index contributed by atoms with van der Waals surface area (Å²) in [5, 5.41) is 141. The third kappa shape index (κ3) is 10.3. The molecule has 19 atom stereocenters. The number of hydrogen-bond donors (Lipinski definition) is 15. The van der Waals surface area contributed by atoms with Crippen LogP contribution in [0.3, 0.4) is 0 Å². The fourth-order valence-electron chi connectivity index (χ4n) is 6.23. The highest BCUT2D eigenvalue weighted by molar-refractivity contribution is 5.73. The number of amides is 1. The zero-order chi connectivity index (χ0) is 39.9. The van der Waals surface area contributed by atoms with Gasteiger partial charge in [-0.1, -0.05) is 6.07 Å². The highest BCUT2D eigenvalue weighted by Crippen LogP contribution is 2.33. The molecule has 0 saturated carbocycles. The van der Waals surface area contributed by atoms with Gasteiger partial charge in [-0.2, -0.15) is 0 Å². The van der Waals surface area contributed by atoms with Crippen LogP contribution in [0.2, 0.25) is 0 Å². The summed E-state index contributed by atoms with van der Waals surface area (Å²) in [7, 11) is 0. The van der Waals surface area contributed by atoms with E-state index in [4.69, 9.17) is 28.4 Å². The zero-order valence-electron chi connectivity index (χ0n) is 28.9. The Hall–Kier alpha value is -2.34. The minimum Gasteiger partial charge on any atom is -0.394 e. The summed E-state index contributed by atoms with van der Waals surface area (Å²) in [6.45, 7) is -2.92. The molecular weight excluding hydrogens is 734 g/mol. The maximum absolute atomic E-state index is 12.2. The predicted molar refractivity (Wildman–Crippen MR) is 173 cm³/mol. The molecule has 0 radical (unpaired) electrons. The molecule has 0 unspecified atom stereocenters. The lowest BCUT2D eigenvalue weighted by Crippen LogP contribution is -2.69. The van der Waals surface area contributed by atoms with Crippen molar-refractivity contribution in [3.8, 4) is 0 Å². The summed E-state index contributed by atoms with van der Waals surface area (Å²) in [5.41, 5.74) is 0. The predicted octanol–water partition coefficient (Wildman–Crippen LogP) is -8.45. The molecule has 23 nitrogen and oxygen atoms in total. The van der Waals surface area contributed by atoms with E-state index >= 15 is 0 Å². The van der Waals surface area contributed by atoms with E-state index < -0.39 is 149 Å². The summed E-state index contributed by atoms with van der Waals surface area (Å²) in [5.74, 6) is -0.434.